The molecule has 0 amide bonds. The van der Waals surface area contributed by atoms with Crippen LogP contribution in [0.3, 0.4) is 0 Å². The second-order valence-electron chi connectivity index (χ2n) is 4.91. The molecular formula is C14H20N4. The Morgan fingerprint density at radius 1 is 1.06 bits per heavy atom. The van der Waals surface area contributed by atoms with E-state index in [1.807, 2.05) is 6.34 Å². The van der Waals surface area contributed by atoms with Crippen molar-refractivity contribution < 1.29 is 0 Å². The molecule has 1 N–H and O–H groups in total. The second-order valence-corrected chi connectivity index (χ2v) is 4.91. The maximum atomic E-state index is 4.24. The highest BCUT2D eigenvalue weighted by atomic mass is 15.2. The van der Waals surface area contributed by atoms with Crippen LogP contribution in [0, 0.1) is 0 Å². The molecule has 0 saturated carbocycles. The normalized spacial score (nSPS) is 20.6. The summed E-state index contributed by atoms with van der Waals surface area (Å²) < 4.78 is 0. The SMILES string of the molecule is C1=NCCN1c1ccc(CN2CCNCC2)cc1. The van der Waals surface area contributed by atoms with Crippen molar-refractivity contribution in [1.29, 1.82) is 0 Å². The molecule has 0 spiro atoms. The Balaban J connectivity index is 1.61. The van der Waals surface area contributed by atoms with Gasteiger partial charge in [-0.3, -0.25) is 9.89 Å². The number of benzene rings is 1. The van der Waals surface area contributed by atoms with Crippen LogP contribution in [0.4, 0.5) is 5.69 Å². The molecule has 1 fully saturated rings. The molecule has 0 atom stereocenters. The summed E-state index contributed by atoms with van der Waals surface area (Å²) in [5, 5.41) is 3.38. The number of anilines is 1. The molecule has 0 unspecified atom stereocenters. The van der Waals surface area contributed by atoms with Gasteiger partial charge in [0.1, 0.15) is 0 Å². The zero-order chi connectivity index (χ0) is 12.2. The Hall–Kier alpha value is -1.39. The number of rotatable bonds is 3. The topological polar surface area (TPSA) is 30.9 Å². The third-order valence-corrected chi connectivity index (χ3v) is 3.57. The van der Waals surface area contributed by atoms with Gasteiger partial charge in [-0.15, -0.1) is 0 Å². The van der Waals surface area contributed by atoms with E-state index in [9.17, 15) is 0 Å². The van der Waals surface area contributed by atoms with Gasteiger partial charge in [0.15, 0.2) is 0 Å². The fourth-order valence-electron chi connectivity index (χ4n) is 2.50. The first kappa shape index (κ1) is 11.7. The third kappa shape index (κ3) is 2.71. The average Bonchev–Trinajstić information content (AvgIpc) is 2.95. The minimum absolute atomic E-state index is 0.919. The Labute approximate surface area is 108 Å². The zero-order valence-corrected chi connectivity index (χ0v) is 10.7. The van der Waals surface area contributed by atoms with Crippen molar-refractivity contribution in [1.82, 2.24) is 10.2 Å². The summed E-state index contributed by atoms with van der Waals surface area (Å²) >= 11 is 0. The lowest BCUT2D eigenvalue weighted by atomic mass is 10.1. The molecule has 3 rings (SSSR count). The van der Waals surface area contributed by atoms with Gasteiger partial charge in [0, 0.05) is 45.0 Å². The van der Waals surface area contributed by atoms with Crippen molar-refractivity contribution >= 4 is 12.0 Å². The first-order valence-electron chi connectivity index (χ1n) is 6.70. The van der Waals surface area contributed by atoms with E-state index in [-0.39, 0.29) is 0 Å². The quantitative estimate of drug-likeness (QED) is 0.858. The number of aliphatic imine (C=N–C) groups is 1. The molecule has 1 aromatic carbocycles. The van der Waals surface area contributed by atoms with Gasteiger partial charge in [-0.25, -0.2) is 0 Å². The van der Waals surface area contributed by atoms with Crippen LogP contribution in [0.25, 0.3) is 0 Å². The average molecular weight is 244 g/mol. The number of piperazine rings is 1. The third-order valence-electron chi connectivity index (χ3n) is 3.57. The van der Waals surface area contributed by atoms with E-state index >= 15 is 0 Å². The molecule has 0 aromatic heterocycles. The van der Waals surface area contributed by atoms with Crippen LogP contribution in [0.1, 0.15) is 5.56 Å². The number of hydrogen-bond acceptors (Lipinski definition) is 4. The maximum absolute atomic E-state index is 4.24. The summed E-state index contributed by atoms with van der Waals surface area (Å²) in [6, 6.07) is 8.89. The molecule has 2 aliphatic rings. The smallest absolute Gasteiger partial charge is 0.0895 e. The standard InChI is InChI=1S/C14H20N4/c1-3-14(18-10-7-16-12-18)4-2-13(1)11-17-8-5-15-6-9-17/h1-4,12,15H,5-11H2. The van der Waals surface area contributed by atoms with Gasteiger partial charge in [-0.2, -0.15) is 0 Å². The highest BCUT2D eigenvalue weighted by molar-refractivity contribution is 5.80. The van der Waals surface area contributed by atoms with Gasteiger partial charge in [-0.1, -0.05) is 12.1 Å². The van der Waals surface area contributed by atoms with E-state index in [0.717, 1.165) is 45.8 Å². The molecule has 0 aliphatic carbocycles. The molecular weight excluding hydrogens is 224 g/mol. The molecule has 0 bridgehead atoms. The molecule has 2 aliphatic heterocycles. The lowest BCUT2D eigenvalue weighted by Crippen LogP contribution is -2.42. The molecule has 4 nitrogen and oxygen atoms in total. The highest BCUT2D eigenvalue weighted by Gasteiger charge is 2.11. The number of nitrogens with zero attached hydrogens (tertiary/aromatic N) is 3. The Kier molecular flexibility index (Phi) is 3.57. The van der Waals surface area contributed by atoms with E-state index in [1.54, 1.807) is 0 Å². The van der Waals surface area contributed by atoms with Crippen LogP contribution in [-0.4, -0.2) is 50.5 Å². The molecule has 0 radical (unpaired) electrons. The first-order chi connectivity index (χ1) is 8.92. The first-order valence-corrected chi connectivity index (χ1v) is 6.70. The summed E-state index contributed by atoms with van der Waals surface area (Å²) in [5.41, 5.74) is 2.65. The minimum atomic E-state index is 0.919. The Morgan fingerprint density at radius 3 is 2.50 bits per heavy atom. The summed E-state index contributed by atoms with van der Waals surface area (Å²) in [4.78, 5) is 8.95. The maximum Gasteiger partial charge on any atom is 0.0895 e. The molecule has 1 aromatic rings. The lowest BCUT2D eigenvalue weighted by Gasteiger charge is -2.27. The van der Waals surface area contributed by atoms with E-state index < -0.39 is 0 Å². The summed E-state index contributed by atoms with van der Waals surface area (Å²) in [6.07, 6.45) is 1.94. The van der Waals surface area contributed by atoms with Crippen molar-refractivity contribution in [2.75, 3.05) is 44.2 Å². The molecule has 18 heavy (non-hydrogen) atoms. The van der Waals surface area contributed by atoms with Crippen molar-refractivity contribution in [3.8, 4) is 0 Å². The summed E-state index contributed by atoms with van der Waals surface area (Å²) in [5.74, 6) is 0. The fourth-order valence-corrected chi connectivity index (χ4v) is 2.50. The van der Waals surface area contributed by atoms with Crippen molar-refractivity contribution in [2.24, 2.45) is 4.99 Å². The Bertz CT molecular complexity index is 406. The van der Waals surface area contributed by atoms with Gasteiger partial charge in [-0.05, 0) is 17.7 Å². The van der Waals surface area contributed by atoms with E-state index in [1.165, 1.54) is 11.3 Å². The van der Waals surface area contributed by atoms with Gasteiger partial charge >= 0.3 is 0 Å². The van der Waals surface area contributed by atoms with Crippen molar-refractivity contribution in [3.05, 3.63) is 29.8 Å². The lowest BCUT2D eigenvalue weighted by molar-refractivity contribution is 0.233. The highest BCUT2D eigenvalue weighted by Crippen LogP contribution is 2.16. The monoisotopic (exact) mass is 244 g/mol. The molecule has 96 valence electrons. The van der Waals surface area contributed by atoms with Gasteiger partial charge in [0.05, 0.1) is 12.9 Å². The predicted octanol–water partition coefficient (Wildman–Crippen LogP) is 0.940. The van der Waals surface area contributed by atoms with Crippen molar-refractivity contribution in [3.63, 3.8) is 0 Å². The van der Waals surface area contributed by atoms with E-state index in [4.69, 9.17) is 0 Å². The van der Waals surface area contributed by atoms with Gasteiger partial charge < -0.3 is 10.2 Å². The predicted molar refractivity (Wildman–Crippen MR) is 75.3 cm³/mol. The van der Waals surface area contributed by atoms with E-state index in [0.29, 0.717) is 0 Å². The number of nitrogens with one attached hydrogen (secondary N) is 1. The van der Waals surface area contributed by atoms with Crippen molar-refractivity contribution in [2.45, 2.75) is 6.54 Å². The van der Waals surface area contributed by atoms with Crippen LogP contribution < -0.4 is 10.2 Å². The van der Waals surface area contributed by atoms with Gasteiger partial charge in [0.25, 0.3) is 0 Å². The zero-order valence-electron chi connectivity index (χ0n) is 10.7. The second kappa shape index (κ2) is 5.50. The minimum Gasteiger partial charge on any atom is -0.331 e. The fraction of sp³-hybridized carbons (Fsp3) is 0.500. The van der Waals surface area contributed by atoms with Crippen LogP contribution >= 0.6 is 0 Å². The number of hydrogen-bond donors (Lipinski definition) is 1. The molecule has 1 saturated heterocycles. The molecule has 4 heteroatoms. The van der Waals surface area contributed by atoms with Crippen LogP contribution in [0.2, 0.25) is 0 Å². The van der Waals surface area contributed by atoms with Crippen LogP contribution in [-0.2, 0) is 6.54 Å². The van der Waals surface area contributed by atoms with Gasteiger partial charge in [0.2, 0.25) is 0 Å². The Morgan fingerprint density at radius 2 is 1.83 bits per heavy atom. The largest absolute Gasteiger partial charge is 0.331 e. The van der Waals surface area contributed by atoms with Crippen LogP contribution in [0.5, 0.6) is 0 Å². The molecule has 2 heterocycles. The summed E-state index contributed by atoms with van der Waals surface area (Å²) in [7, 11) is 0. The van der Waals surface area contributed by atoms with E-state index in [2.05, 4.69) is 44.4 Å². The summed E-state index contributed by atoms with van der Waals surface area (Å²) in [6.45, 7) is 7.53. The van der Waals surface area contributed by atoms with Crippen LogP contribution in [0.15, 0.2) is 29.3 Å².